The smallest absolute Gasteiger partial charge is 0.234 e. The molecule has 2 aromatic rings. The summed E-state index contributed by atoms with van der Waals surface area (Å²) in [5.41, 5.74) is 2.87. The Hall–Kier alpha value is -2.14. The van der Waals surface area contributed by atoms with Crippen molar-refractivity contribution in [2.24, 2.45) is 0 Å². The molecule has 5 heteroatoms. The molecule has 1 heterocycles. The van der Waals surface area contributed by atoms with Crippen molar-refractivity contribution in [3.05, 3.63) is 35.5 Å². The van der Waals surface area contributed by atoms with Crippen LogP contribution in [0.1, 0.15) is 54.4 Å². The highest BCUT2D eigenvalue weighted by atomic mass is 16.2. The summed E-state index contributed by atoms with van der Waals surface area (Å²) in [6.07, 6.45) is 9.14. The Morgan fingerprint density at radius 2 is 1.96 bits per heavy atom. The summed E-state index contributed by atoms with van der Waals surface area (Å²) in [6, 6.07) is 6.10. The topological polar surface area (TPSA) is 74.0 Å². The van der Waals surface area contributed by atoms with Crippen molar-refractivity contribution >= 4 is 22.6 Å². The number of benzene rings is 1. The first-order valence-electron chi connectivity index (χ1n) is 9.35. The van der Waals surface area contributed by atoms with Crippen LogP contribution in [0, 0.1) is 0 Å². The molecule has 4 rings (SSSR count). The van der Waals surface area contributed by atoms with Gasteiger partial charge in [-0.15, -0.1) is 0 Å². The molecule has 0 spiro atoms. The Morgan fingerprint density at radius 1 is 1.12 bits per heavy atom. The van der Waals surface area contributed by atoms with E-state index in [1.54, 1.807) is 0 Å². The number of Topliss-reactive ketones (excluding diaryl/α,β-unsaturated/α-hetero) is 1. The molecule has 1 aromatic heterocycles. The lowest BCUT2D eigenvalue weighted by molar-refractivity contribution is -0.121. The molecule has 1 aromatic carbocycles. The summed E-state index contributed by atoms with van der Waals surface area (Å²) in [5, 5.41) is 7.44. The molecule has 1 unspecified atom stereocenters. The summed E-state index contributed by atoms with van der Waals surface area (Å²) in [6.45, 7) is 0.338. The summed E-state index contributed by atoms with van der Waals surface area (Å²) in [7, 11) is 0. The minimum Gasteiger partial charge on any atom is -0.361 e. The van der Waals surface area contributed by atoms with Gasteiger partial charge in [-0.3, -0.25) is 9.59 Å². The third kappa shape index (κ3) is 3.47. The van der Waals surface area contributed by atoms with Gasteiger partial charge in [-0.25, -0.2) is 0 Å². The van der Waals surface area contributed by atoms with Crippen LogP contribution >= 0.6 is 0 Å². The van der Waals surface area contributed by atoms with E-state index in [0.29, 0.717) is 25.4 Å². The van der Waals surface area contributed by atoms with E-state index in [4.69, 9.17) is 0 Å². The Kier molecular flexibility index (Phi) is 4.57. The standard InChI is InChI=1S/C20H25N3O2/c24-18-10-15(23-19(25)12-21-14-5-2-1-3-6-14)9-13-11-22-17-8-4-7-16(18)20(13)17/h4,7-8,11,14-15,21-22H,1-3,5-6,9-10,12H2,(H,23,25). The van der Waals surface area contributed by atoms with Crippen molar-refractivity contribution in [2.75, 3.05) is 6.54 Å². The highest BCUT2D eigenvalue weighted by Gasteiger charge is 2.26. The van der Waals surface area contributed by atoms with Crippen molar-refractivity contribution in [3.63, 3.8) is 0 Å². The van der Waals surface area contributed by atoms with Gasteiger partial charge in [0.15, 0.2) is 5.78 Å². The maximum absolute atomic E-state index is 12.6. The number of aromatic nitrogens is 1. The highest BCUT2D eigenvalue weighted by Crippen LogP contribution is 2.28. The van der Waals surface area contributed by atoms with E-state index in [9.17, 15) is 9.59 Å². The van der Waals surface area contributed by atoms with E-state index in [-0.39, 0.29) is 17.7 Å². The third-order valence-corrected chi connectivity index (χ3v) is 5.51. The third-order valence-electron chi connectivity index (χ3n) is 5.51. The number of ketones is 1. The van der Waals surface area contributed by atoms with E-state index in [1.165, 1.54) is 19.3 Å². The zero-order chi connectivity index (χ0) is 17.2. The van der Waals surface area contributed by atoms with Crippen LogP contribution in [0.3, 0.4) is 0 Å². The Bertz CT molecular complexity index is 789. The Balaban J connectivity index is 1.40. The first kappa shape index (κ1) is 16.3. The minimum absolute atomic E-state index is 0.0129. The van der Waals surface area contributed by atoms with Gasteiger partial charge in [0, 0.05) is 41.2 Å². The van der Waals surface area contributed by atoms with Gasteiger partial charge in [0.1, 0.15) is 0 Å². The lowest BCUT2D eigenvalue weighted by Crippen LogP contribution is -2.44. The number of aromatic amines is 1. The lowest BCUT2D eigenvalue weighted by Gasteiger charge is -2.23. The van der Waals surface area contributed by atoms with Crippen molar-refractivity contribution in [2.45, 2.75) is 57.0 Å². The molecule has 3 N–H and O–H groups in total. The fourth-order valence-corrected chi connectivity index (χ4v) is 4.24. The lowest BCUT2D eigenvalue weighted by atomic mass is 9.95. The van der Waals surface area contributed by atoms with E-state index in [1.807, 2.05) is 24.4 Å². The van der Waals surface area contributed by atoms with E-state index < -0.39 is 0 Å². The van der Waals surface area contributed by atoms with Crippen molar-refractivity contribution < 1.29 is 9.59 Å². The van der Waals surface area contributed by atoms with Gasteiger partial charge in [0.2, 0.25) is 5.91 Å². The van der Waals surface area contributed by atoms with Gasteiger partial charge in [0.25, 0.3) is 0 Å². The number of hydrogen-bond acceptors (Lipinski definition) is 3. The molecule has 2 aliphatic carbocycles. The molecule has 132 valence electrons. The summed E-state index contributed by atoms with van der Waals surface area (Å²) in [5.74, 6) is 0.0931. The minimum atomic E-state index is -0.139. The van der Waals surface area contributed by atoms with Crippen LogP contribution < -0.4 is 10.6 Å². The van der Waals surface area contributed by atoms with Crippen LogP contribution in [0.25, 0.3) is 10.9 Å². The molecular weight excluding hydrogens is 314 g/mol. The first-order chi connectivity index (χ1) is 12.2. The number of hydrogen-bond donors (Lipinski definition) is 3. The number of rotatable bonds is 4. The average Bonchev–Trinajstić information content (AvgIpc) is 2.97. The molecule has 0 bridgehead atoms. The van der Waals surface area contributed by atoms with Crippen LogP contribution in [0.2, 0.25) is 0 Å². The molecule has 0 aliphatic heterocycles. The SMILES string of the molecule is O=C(CNC1CCCCC1)NC1CC(=O)c2cccc3[nH]cc(c23)C1. The monoisotopic (exact) mass is 339 g/mol. The Morgan fingerprint density at radius 3 is 2.80 bits per heavy atom. The quantitative estimate of drug-likeness (QED) is 0.802. The zero-order valence-corrected chi connectivity index (χ0v) is 14.4. The number of amides is 1. The molecule has 0 saturated heterocycles. The van der Waals surface area contributed by atoms with Gasteiger partial charge in [0.05, 0.1) is 6.54 Å². The van der Waals surface area contributed by atoms with Gasteiger partial charge in [-0.2, -0.15) is 0 Å². The Labute approximate surface area is 147 Å². The molecule has 1 saturated carbocycles. The van der Waals surface area contributed by atoms with Gasteiger partial charge >= 0.3 is 0 Å². The second-order valence-electron chi connectivity index (χ2n) is 7.35. The van der Waals surface area contributed by atoms with Gasteiger partial charge in [-0.1, -0.05) is 31.4 Å². The molecule has 1 fully saturated rings. The zero-order valence-electron chi connectivity index (χ0n) is 14.4. The molecule has 0 radical (unpaired) electrons. The largest absolute Gasteiger partial charge is 0.361 e. The number of carbonyl (C=O) groups is 2. The molecule has 1 atom stereocenters. The molecule has 5 nitrogen and oxygen atoms in total. The maximum Gasteiger partial charge on any atom is 0.234 e. The molecule has 25 heavy (non-hydrogen) atoms. The second-order valence-corrected chi connectivity index (χ2v) is 7.35. The van der Waals surface area contributed by atoms with E-state index >= 15 is 0 Å². The van der Waals surface area contributed by atoms with Crippen LogP contribution in [-0.2, 0) is 11.2 Å². The average molecular weight is 339 g/mol. The predicted octanol–water partition coefficient (Wildman–Crippen LogP) is 2.70. The molecular formula is C20H25N3O2. The second kappa shape index (κ2) is 7.00. The number of H-pyrrole nitrogens is 1. The van der Waals surface area contributed by atoms with E-state index in [2.05, 4.69) is 15.6 Å². The first-order valence-corrected chi connectivity index (χ1v) is 9.35. The summed E-state index contributed by atoms with van der Waals surface area (Å²) in [4.78, 5) is 28.2. The van der Waals surface area contributed by atoms with Crippen LogP contribution in [-0.4, -0.2) is 35.3 Å². The predicted molar refractivity (Wildman–Crippen MR) is 97.8 cm³/mol. The normalized spacial score (nSPS) is 21.3. The number of carbonyl (C=O) groups excluding carboxylic acids is 2. The van der Waals surface area contributed by atoms with Crippen LogP contribution in [0.4, 0.5) is 0 Å². The van der Waals surface area contributed by atoms with Crippen molar-refractivity contribution in [1.29, 1.82) is 0 Å². The molecule has 1 amide bonds. The van der Waals surface area contributed by atoms with Crippen LogP contribution in [0.5, 0.6) is 0 Å². The van der Waals surface area contributed by atoms with Crippen molar-refractivity contribution in [1.82, 2.24) is 15.6 Å². The van der Waals surface area contributed by atoms with Crippen LogP contribution in [0.15, 0.2) is 24.4 Å². The number of nitrogens with one attached hydrogen (secondary N) is 3. The van der Waals surface area contributed by atoms with Gasteiger partial charge in [-0.05, 0) is 30.9 Å². The maximum atomic E-state index is 12.6. The fourth-order valence-electron chi connectivity index (χ4n) is 4.24. The summed E-state index contributed by atoms with van der Waals surface area (Å²) < 4.78 is 0. The van der Waals surface area contributed by atoms with E-state index in [0.717, 1.165) is 34.9 Å². The van der Waals surface area contributed by atoms with Crippen molar-refractivity contribution in [3.8, 4) is 0 Å². The highest BCUT2D eigenvalue weighted by molar-refractivity contribution is 6.09. The molecule has 2 aliphatic rings. The summed E-state index contributed by atoms with van der Waals surface area (Å²) >= 11 is 0. The fraction of sp³-hybridized carbons (Fsp3) is 0.500. The van der Waals surface area contributed by atoms with Gasteiger partial charge < -0.3 is 15.6 Å².